The van der Waals surface area contributed by atoms with Crippen LogP contribution in [0.3, 0.4) is 0 Å². The van der Waals surface area contributed by atoms with Gasteiger partial charge in [-0.1, -0.05) is 12.5 Å². The van der Waals surface area contributed by atoms with Crippen molar-refractivity contribution in [2.45, 2.75) is 50.9 Å². The molecule has 1 aliphatic rings. The van der Waals surface area contributed by atoms with Crippen LogP contribution in [-0.4, -0.2) is 30.0 Å². The molecule has 3 unspecified atom stereocenters. The summed E-state index contributed by atoms with van der Waals surface area (Å²) >= 11 is 0. The van der Waals surface area contributed by atoms with Crippen LogP contribution in [0.2, 0.25) is 0 Å². The van der Waals surface area contributed by atoms with E-state index in [2.05, 4.69) is 4.98 Å². The van der Waals surface area contributed by atoms with Gasteiger partial charge >= 0.3 is 0 Å². The number of rotatable bonds is 3. The summed E-state index contributed by atoms with van der Waals surface area (Å²) < 4.78 is 23.4. The van der Waals surface area contributed by atoms with Crippen LogP contribution in [0.15, 0.2) is 12.1 Å². The molecule has 0 bridgehead atoms. The van der Waals surface area contributed by atoms with Crippen molar-refractivity contribution in [3.63, 3.8) is 0 Å². The summed E-state index contributed by atoms with van der Waals surface area (Å²) in [5.74, 6) is 0.00619. The van der Waals surface area contributed by atoms with E-state index < -0.39 is 15.9 Å². The summed E-state index contributed by atoms with van der Waals surface area (Å²) in [6.07, 6.45) is 3.68. The molecule has 0 aliphatic heterocycles. The molecule has 0 radical (unpaired) electrons. The topological polar surface area (TPSA) is 67.3 Å². The van der Waals surface area contributed by atoms with Crippen molar-refractivity contribution in [2.75, 3.05) is 6.26 Å². The maximum absolute atomic E-state index is 11.7. The fraction of sp³-hybridized carbons (Fsp3) is 0.667. The second-order valence-electron chi connectivity index (χ2n) is 5.95. The summed E-state index contributed by atoms with van der Waals surface area (Å²) in [6.45, 7) is 3.81. The number of nitrogens with zero attached hydrogens (tertiary/aromatic N) is 1. The van der Waals surface area contributed by atoms with Gasteiger partial charge in [0.1, 0.15) is 9.84 Å². The number of hydrogen-bond donors (Lipinski definition) is 1. The predicted octanol–water partition coefficient (Wildman–Crippen LogP) is 2.34. The average Bonchev–Trinajstić information content (AvgIpc) is 2.37. The molecule has 0 saturated heterocycles. The van der Waals surface area contributed by atoms with E-state index >= 15 is 0 Å². The van der Waals surface area contributed by atoms with E-state index in [0.29, 0.717) is 12.8 Å². The minimum atomic E-state index is -3.02. The zero-order valence-electron chi connectivity index (χ0n) is 12.3. The first-order valence-corrected chi connectivity index (χ1v) is 9.05. The lowest BCUT2D eigenvalue weighted by atomic mass is 9.82. The van der Waals surface area contributed by atoms with Crippen LogP contribution in [-0.2, 0) is 9.84 Å². The summed E-state index contributed by atoms with van der Waals surface area (Å²) in [6, 6.07) is 3.80. The summed E-state index contributed by atoms with van der Waals surface area (Å²) in [5.41, 5.74) is 2.59. The molecule has 1 aliphatic carbocycles. The number of aliphatic hydroxyl groups excluding tert-OH is 1. The van der Waals surface area contributed by atoms with Gasteiger partial charge in [0.05, 0.1) is 11.4 Å². The highest BCUT2D eigenvalue weighted by atomic mass is 32.2. The highest BCUT2D eigenvalue weighted by Gasteiger charge is 2.33. The minimum Gasteiger partial charge on any atom is -0.388 e. The number of aryl methyl sites for hydroxylation is 2. The van der Waals surface area contributed by atoms with Crippen molar-refractivity contribution >= 4 is 9.84 Å². The fourth-order valence-electron chi connectivity index (χ4n) is 3.12. The number of pyridine rings is 1. The molecule has 1 aromatic rings. The van der Waals surface area contributed by atoms with E-state index in [9.17, 15) is 13.5 Å². The Bertz CT molecular complexity index is 583. The lowest BCUT2D eigenvalue weighted by Gasteiger charge is -2.31. The smallest absolute Gasteiger partial charge is 0.150 e. The Morgan fingerprint density at radius 2 is 2.00 bits per heavy atom. The van der Waals surface area contributed by atoms with Crippen LogP contribution in [0.4, 0.5) is 0 Å². The number of aromatic nitrogens is 1. The van der Waals surface area contributed by atoms with Gasteiger partial charge in [-0.05, 0) is 45.1 Å². The molecule has 5 heteroatoms. The Morgan fingerprint density at radius 1 is 1.30 bits per heavy atom. The zero-order chi connectivity index (χ0) is 14.9. The molecule has 1 N–H and O–H groups in total. The van der Waals surface area contributed by atoms with Gasteiger partial charge in [0.2, 0.25) is 0 Å². The molecular weight excluding hydrogens is 274 g/mol. The zero-order valence-corrected chi connectivity index (χ0v) is 13.2. The SMILES string of the molecule is Cc1ccc(C(O)C2CCCC(S(C)(=O)=O)C2)c(C)n1. The fourth-order valence-corrected chi connectivity index (χ4v) is 4.31. The normalized spacial score (nSPS) is 25.4. The van der Waals surface area contributed by atoms with Crippen LogP contribution in [0.25, 0.3) is 0 Å². The van der Waals surface area contributed by atoms with E-state index in [-0.39, 0.29) is 11.2 Å². The van der Waals surface area contributed by atoms with Gasteiger partial charge in [0.25, 0.3) is 0 Å². The molecule has 1 aromatic heterocycles. The molecule has 20 heavy (non-hydrogen) atoms. The molecule has 0 aromatic carbocycles. The Morgan fingerprint density at radius 3 is 2.60 bits per heavy atom. The first kappa shape index (κ1) is 15.4. The molecular formula is C15H23NO3S. The Balaban J connectivity index is 2.18. The van der Waals surface area contributed by atoms with Crippen molar-refractivity contribution in [1.82, 2.24) is 4.98 Å². The molecule has 1 heterocycles. The third-order valence-electron chi connectivity index (χ3n) is 4.30. The second kappa shape index (κ2) is 5.82. The highest BCUT2D eigenvalue weighted by molar-refractivity contribution is 7.91. The largest absolute Gasteiger partial charge is 0.388 e. The maximum atomic E-state index is 11.7. The number of sulfone groups is 1. The molecule has 1 fully saturated rings. The van der Waals surface area contributed by atoms with Crippen molar-refractivity contribution in [2.24, 2.45) is 5.92 Å². The lowest BCUT2D eigenvalue weighted by molar-refractivity contribution is 0.0848. The Labute approximate surface area is 121 Å². The van der Waals surface area contributed by atoms with Crippen LogP contribution in [0, 0.1) is 19.8 Å². The molecule has 2 rings (SSSR count). The van der Waals surface area contributed by atoms with E-state index in [4.69, 9.17) is 0 Å². The van der Waals surface area contributed by atoms with Gasteiger partial charge in [0.15, 0.2) is 0 Å². The van der Waals surface area contributed by atoms with Crippen molar-refractivity contribution in [3.8, 4) is 0 Å². The van der Waals surface area contributed by atoms with Gasteiger partial charge in [0, 0.05) is 23.2 Å². The quantitative estimate of drug-likeness (QED) is 0.930. The first-order chi connectivity index (χ1) is 9.29. The van der Waals surface area contributed by atoms with E-state index in [1.165, 1.54) is 6.26 Å². The van der Waals surface area contributed by atoms with Gasteiger partial charge in [-0.3, -0.25) is 4.98 Å². The van der Waals surface area contributed by atoms with E-state index in [0.717, 1.165) is 29.8 Å². The van der Waals surface area contributed by atoms with Crippen molar-refractivity contribution in [3.05, 3.63) is 29.1 Å². The molecule has 1 saturated carbocycles. The van der Waals surface area contributed by atoms with Crippen LogP contribution < -0.4 is 0 Å². The van der Waals surface area contributed by atoms with Crippen LogP contribution >= 0.6 is 0 Å². The summed E-state index contributed by atoms with van der Waals surface area (Å²) in [4.78, 5) is 4.38. The second-order valence-corrected chi connectivity index (χ2v) is 8.28. The lowest BCUT2D eigenvalue weighted by Crippen LogP contribution is -2.30. The molecule has 0 spiro atoms. The highest BCUT2D eigenvalue weighted by Crippen LogP contribution is 2.37. The average molecular weight is 297 g/mol. The summed E-state index contributed by atoms with van der Waals surface area (Å²) in [7, 11) is -3.02. The third-order valence-corrected chi connectivity index (χ3v) is 5.94. The van der Waals surface area contributed by atoms with Gasteiger partial charge in [-0.15, -0.1) is 0 Å². The predicted molar refractivity (Wildman–Crippen MR) is 79.3 cm³/mol. The monoisotopic (exact) mass is 297 g/mol. The third kappa shape index (κ3) is 3.38. The van der Waals surface area contributed by atoms with Gasteiger partial charge in [-0.2, -0.15) is 0 Å². The summed E-state index contributed by atoms with van der Waals surface area (Å²) in [5, 5.41) is 10.3. The van der Waals surface area contributed by atoms with E-state index in [1.807, 2.05) is 26.0 Å². The van der Waals surface area contributed by atoms with E-state index in [1.54, 1.807) is 0 Å². The number of aliphatic hydroxyl groups is 1. The molecule has 4 nitrogen and oxygen atoms in total. The maximum Gasteiger partial charge on any atom is 0.150 e. The van der Waals surface area contributed by atoms with Crippen molar-refractivity contribution in [1.29, 1.82) is 0 Å². The van der Waals surface area contributed by atoms with Crippen LogP contribution in [0.5, 0.6) is 0 Å². The molecule has 0 amide bonds. The standard InChI is InChI=1S/C15H23NO3S/c1-10-7-8-14(11(2)16-10)15(17)12-5-4-6-13(9-12)20(3,18)19/h7-8,12-13,15,17H,4-6,9H2,1-3H3. The first-order valence-electron chi connectivity index (χ1n) is 7.10. The Kier molecular flexibility index (Phi) is 4.49. The van der Waals surface area contributed by atoms with Crippen LogP contribution in [0.1, 0.15) is 48.7 Å². The molecule has 112 valence electrons. The van der Waals surface area contributed by atoms with Gasteiger partial charge < -0.3 is 5.11 Å². The Hall–Kier alpha value is -0.940. The number of hydrogen-bond acceptors (Lipinski definition) is 4. The van der Waals surface area contributed by atoms with Gasteiger partial charge in [-0.25, -0.2) is 8.42 Å². The van der Waals surface area contributed by atoms with Crippen molar-refractivity contribution < 1.29 is 13.5 Å². The molecule has 3 atom stereocenters. The minimum absolute atomic E-state index is 0.00619.